The molecule has 0 radical (unpaired) electrons. The largest absolute Gasteiger partial charge is 0.300 e. The number of aryl methyl sites for hydroxylation is 1. The first-order chi connectivity index (χ1) is 17.2. The van der Waals surface area contributed by atoms with Gasteiger partial charge in [-0.25, -0.2) is 4.68 Å². The van der Waals surface area contributed by atoms with Crippen molar-refractivity contribution in [3.63, 3.8) is 0 Å². The minimum atomic E-state index is 0.163. The monoisotopic (exact) mass is 457 g/mol. The molecule has 35 heavy (non-hydrogen) atoms. The summed E-state index contributed by atoms with van der Waals surface area (Å²) in [7, 11) is 0. The molecule has 5 rings (SSSR count). The SMILES string of the molecule is CC(=O)CCc1cn(Cc2cc(-c3ccccc3)c(-c3ccccc3)c(-c3ccccc3)c2)nn1. The molecule has 0 bridgehead atoms. The van der Waals surface area contributed by atoms with Crippen LogP contribution in [0.1, 0.15) is 24.6 Å². The van der Waals surface area contributed by atoms with Crippen LogP contribution in [0.3, 0.4) is 0 Å². The fourth-order valence-corrected chi connectivity index (χ4v) is 4.42. The Hall–Kier alpha value is -4.31. The van der Waals surface area contributed by atoms with Crippen LogP contribution in [0.2, 0.25) is 0 Å². The van der Waals surface area contributed by atoms with Crippen LogP contribution in [0.5, 0.6) is 0 Å². The zero-order valence-corrected chi connectivity index (χ0v) is 19.8. The molecule has 4 nitrogen and oxygen atoms in total. The van der Waals surface area contributed by atoms with Crippen LogP contribution < -0.4 is 0 Å². The molecule has 0 N–H and O–H groups in total. The Balaban J connectivity index is 1.65. The molecule has 0 saturated heterocycles. The van der Waals surface area contributed by atoms with E-state index in [-0.39, 0.29) is 5.78 Å². The minimum absolute atomic E-state index is 0.163. The lowest BCUT2D eigenvalue weighted by molar-refractivity contribution is -0.117. The number of aromatic nitrogens is 3. The summed E-state index contributed by atoms with van der Waals surface area (Å²) in [6, 6.07) is 36.2. The molecule has 0 fully saturated rings. The molecular formula is C31H27N3O. The van der Waals surface area contributed by atoms with Crippen LogP contribution >= 0.6 is 0 Å². The Kier molecular flexibility index (Phi) is 6.62. The van der Waals surface area contributed by atoms with Gasteiger partial charge in [0.1, 0.15) is 5.78 Å². The van der Waals surface area contributed by atoms with Crippen molar-refractivity contribution in [2.75, 3.05) is 0 Å². The first-order valence-corrected chi connectivity index (χ1v) is 11.9. The summed E-state index contributed by atoms with van der Waals surface area (Å²) in [6.45, 7) is 2.21. The van der Waals surface area contributed by atoms with E-state index in [0.29, 0.717) is 19.4 Å². The van der Waals surface area contributed by atoms with Crippen LogP contribution in [0.15, 0.2) is 109 Å². The van der Waals surface area contributed by atoms with Crippen molar-refractivity contribution in [1.82, 2.24) is 15.0 Å². The highest BCUT2D eigenvalue weighted by molar-refractivity contribution is 5.95. The maximum atomic E-state index is 11.4. The van der Waals surface area contributed by atoms with E-state index in [2.05, 4.69) is 101 Å². The fraction of sp³-hybridized carbons (Fsp3) is 0.129. The molecule has 1 heterocycles. The zero-order valence-electron chi connectivity index (χ0n) is 19.8. The first kappa shape index (κ1) is 22.5. The molecule has 4 aromatic carbocycles. The highest BCUT2D eigenvalue weighted by atomic mass is 16.1. The van der Waals surface area contributed by atoms with Gasteiger partial charge in [0.2, 0.25) is 0 Å². The fourth-order valence-electron chi connectivity index (χ4n) is 4.42. The molecule has 0 saturated carbocycles. The number of rotatable bonds is 8. The maximum absolute atomic E-state index is 11.4. The number of carbonyl (C=O) groups is 1. The Morgan fingerprint density at radius 3 is 1.77 bits per heavy atom. The van der Waals surface area contributed by atoms with Gasteiger partial charge in [0.15, 0.2) is 0 Å². The van der Waals surface area contributed by atoms with E-state index in [1.165, 1.54) is 33.4 Å². The molecule has 0 aliphatic heterocycles. The molecule has 0 amide bonds. The summed E-state index contributed by atoms with van der Waals surface area (Å²) in [5.74, 6) is 0.163. The van der Waals surface area contributed by atoms with Crippen LogP contribution in [0.4, 0.5) is 0 Å². The molecule has 4 heteroatoms. The van der Waals surface area contributed by atoms with Gasteiger partial charge in [0.05, 0.1) is 12.2 Å². The Morgan fingerprint density at radius 1 is 0.743 bits per heavy atom. The molecule has 0 spiro atoms. The summed E-state index contributed by atoms with van der Waals surface area (Å²) in [4.78, 5) is 11.4. The van der Waals surface area contributed by atoms with Crippen LogP contribution in [0, 0.1) is 0 Å². The lowest BCUT2D eigenvalue weighted by atomic mass is 9.86. The van der Waals surface area contributed by atoms with Crippen molar-refractivity contribution in [3.8, 4) is 33.4 Å². The molecule has 0 atom stereocenters. The van der Waals surface area contributed by atoms with Gasteiger partial charge in [-0.2, -0.15) is 0 Å². The van der Waals surface area contributed by atoms with Crippen molar-refractivity contribution in [2.24, 2.45) is 0 Å². The lowest BCUT2D eigenvalue weighted by Gasteiger charge is -2.19. The van der Waals surface area contributed by atoms with Gasteiger partial charge in [-0.15, -0.1) is 5.10 Å². The van der Waals surface area contributed by atoms with E-state index in [9.17, 15) is 4.79 Å². The van der Waals surface area contributed by atoms with Crippen molar-refractivity contribution in [1.29, 1.82) is 0 Å². The standard InChI is InChI=1S/C31H27N3O/c1-23(35)17-18-28-22-34(33-32-28)21-24-19-29(25-11-5-2-6-12-25)31(27-15-9-4-10-16-27)30(20-24)26-13-7-3-8-14-26/h2-16,19-20,22H,17-18,21H2,1H3. The average molecular weight is 458 g/mol. The van der Waals surface area contributed by atoms with Crippen LogP contribution in [0.25, 0.3) is 33.4 Å². The number of hydrogen-bond donors (Lipinski definition) is 0. The van der Waals surface area contributed by atoms with Gasteiger partial charge in [-0.3, -0.25) is 0 Å². The quantitative estimate of drug-likeness (QED) is 0.256. The summed E-state index contributed by atoms with van der Waals surface area (Å²) in [6.07, 6.45) is 3.05. The van der Waals surface area contributed by atoms with Crippen LogP contribution in [-0.2, 0) is 17.8 Å². The van der Waals surface area contributed by atoms with Gasteiger partial charge >= 0.3 is 0 Å². The Morgan fingerprint density at radius 2 is 1.26 bits per heavy atom. The molecule has 0 aliphatic rings. The predicted molar refractivity (Wildman–Crippen MR) is 141 cm³/mol. The van der Waals surface area contributed by atoms with E-state index in [1.807, 2.05) is 23.0 Å². The molecule has 5 aromatic rings. The average Bonchev–Trinajstić information content (AvgIpc) is 3.36. The third-order valence-corrected chi connectivity index (χ3v) is 6.09. The molecule has 0 aliphatic carbocycles. The van der Waals surface area contributed by atoms with Gasteiger partial charge < -0.3 is 4.79 Å². The van der Waals surface area contributed by atoms with Crippen LogP contribution in [-0.4, -0.2) is 20.8 Å². The van der Waals surface area contributed by atoms with Crippen molar-refractivity contribution >= 4 is 5.78 Å². The maximum Gasteiger partial charge on any atom is 0.130 e. The molecule has 0 unspecified atom stereocenters. The Bertz CT molecular complexity index is 1360. The number of ketones is 1. The normalized spacial score (nSPS) is 10.9. The summed E-state index contributed by atoms with van der Waals surface area (Å²) < 4.78 is 1.86. The number of carbonyl (C=O) groups excluding carboxylic acids is 1. The van der Waals surface area contributed by atoms with Crippen molar-refractivity contribution in [3.05, 3.63) is 121 Å². The number of Topliss-reactive ketones (excluding diaryl/α,β-unsaturated/α-hetero) is 1. The van der Waals surface area contributed by atoms with Gasteiger partial charge in [0.25, 0.3) is 0 Å². The number of hydrogen-bond acceptors (Lipinski definition) is 3. The van der Waals surface area contributed by atoms with E-state index < -0.39 is 0 Å². The number of nitrogens with zero attached hydrogens (tertiary/aromatic N) is 3. The van der Waals surface area contributed by atoms with Crippen molar-refractivity contribution in [2.45, 2.75) is 26.3 Å². The summed E-state index contributed by atoms with van der Waals surface area (Å²) in [5, 5.41) is 8.60. The molecule has 172 valence electrons. The van der Waals surface area contributed by atoms with Crippen molar-refractivity contribution < 1.29 is 4.79 Å². The van der Waals surface area contributed by atoms with Gasteiger partial charge in [0, 0.05) is 12.6 Å². The number of benzene rings is 4. The second-order valence-corrected chi connectivity index (χ2v) is 8.77. The van der Waals surface area contributed by atoms with E-state index in [1.54, 1.807) is 6.92 Å². The van der Waals surface area contributed by atoms with Gasteiger partial charge in [-0.05, 0) is 64.4 Å². The van der Waals surface area contributed by atoms with E-state index in [4.69, 9.17) is 0 Å². The van der Waals surface area contributed by atoms with E-state index >= 15 is 0 Å². The highest BCUT2D eigenvalue weighted by Gasteiger charge is 2.16. The molecule has 1 aromatic heterocycles. The third-order valence-electron chi connectivity index (χ3n) is 6.09. The minimum Gasteiger partial charge on any atom is -0.300 e. The van der Waals surface area contributed by atoms with Gasteiger partial charge in [-0.1, -0.05) is 96.2 Å². The Labute approximate surface area is 205 Å². The molecular weight excluding hydrogens is 430 g/mol. The smallest absolute Gasteiger partial charge is 0.130 e. The third kappa shape index (κ3) is 5.28. The second kappa shape index (κ2) is 10.3. The van der Waals surface area contributed by atoms with E-state index in [0.717, 1.165) is 11.3 Å². The zero-order chi connectivity index (χ0) is 24.0. The highest BCUT2D eigenvalue weighted by Crippen LogP contribution is 2.41. The summed E-state index contributed by atoms with van der Waals surface area (Å²) in [5.41, 5.74) is 9.10. The summed E-state index contributed by atoms with van der Waals surface area (Å²) >= 11 is 0. The second-order valence-electron chi connectivity index (χ2n) is 8.77. The first-order valence-electron chi connectivity index (χ1n) is 11.9. The lowest BCUT2D eigenvalue weighted by Crippen LogP contribution is -2.02. The predicted octanol–water partition coefficient (Wildman–Crippen LogP) is 6.85. The topological polar surface area (TPSA) is 47.8 Å².